The Balaban J connectivity index is 2.00. The van der Waals surface area contributed by atoms with Gasteiger partial charge >= 0.3 is 6.09 Å². The molecule has 0 bridgehead atoms. The number of nitrogens with one attached hydrogen (secondary N) is 1. The molecular formula is C18H24ClN3O3. The van der Waals surface area contributed by atoms with Crippen molar-refractivity contribution in [2.75, 3.05) is 0 Å². The van der Waals surface area contributed by atoms with Gasteiger partial charge in [0.25, 0.3) is 0 Å². The van der Waals surface area contributed by atoms with Gasteiger partial charge in [0.2, 0.25) is 0 Å². The minimum atomic E-state index is -0.555. The van der Waals surface area contributed by atoms with Crippen LogP contribution in [-0.4, -0.2) is 26.4 Å². The molecule has 0 saturated heterocycles. The molecule has 7 heteroatoms. The number of nitrogens with zero attached hydrogens (tertiary/aromatic N) is 2. The van der Waals surface area contributed by atoms with E-state index in [1.165, 1.54) is 0 Å². The third kappa shape index (κ3) is 3.33. The maximum Gasteiger partial charge on any atom is 0.408 e. The van der Waals surface area contributed by atoms with E-state index in [4.69, 9.17) is 21.3 Å². The second-order valence-corrected chi connectivity index (χ2v) is 8.07. The van der Waals surface area contributed by atoms with E-state index in [-0.39, 0.29) is 6.61 Å². The molecule has 1 aromatic carbocycles. The Morgan fingerprint density at radius 3 is 2.64 bits per heavy atom. The third-order valence-electron chi connectivity index (χ3n) is 4.56. The van der Waals surface area contributed by atoms with Crippen LogP contribution in [0.5, 0.6) is 0 Å². The first kappa shape index (κ1) is 18.0. The number of ether oxygens (including phenoxy) is 1. The van der Waals surface area contributed by atoms with Crippen molar-refractivity contribution in [3.63, 3.8) is 0 Å². The van der Waals surface area contributed by atoms with E-state index in [2.05, 4.69) is 5.32 Å². The molecule has 3 rings (SSSR count). The van der Waals surface area contributed by atoms with Gasteiger partial charge in [-0.05, 0) is 57.7 Å². The van der Waals surface area contributed by atoms with Crippen molar-refractivity contribution < 1.29 is 14.6 Å². The number of halogens is 1. The molecule has 6 nitrogen and oxygen atoms in total. The van der Waals surface area contributed by atoms with Crippen molar-refractivity contribution in [3.8, 4) is 0 Å². The van der Waals surface area contributed by atoms with E-state index in [1.54, 1.807) is 6.07 Å². The van der Waals surface area contributed by atoms with E-state index in [1.807, 2.05) is 38.5 Å². The van der Waals surface area contributed by atoms with Crippen LogP contribution in [0.1, 0.15) is 51.4 Å². The van der Waals surface area contributed by atoms with E-state index in [9.17, 15) is 9.90 Å². The quantitative estimate of drug-likeness (QED) is 0.870. The van der Waals surface area contributed by atoms with Crippen LogP contribution >= 0.6 is 11.6 Å². The van der Waals surface area contributed by atoms with Gasteiger partial charge < -0.3 is 19.7 Å². The number of imidazole rings is 1. The second-order valence-electron chi connectivity index (χ2n) is 7.66. The number of carbonyl (C=O) groups excluding carboxylic acids is 1. The number of rotatable bonds is 3. The lowest BCUT2D eigenvalue weighted by atomic mass is 9.76. The molecule has 1 heterocycles. The first-order valence-electron chi connectivity index (χ1n) is 8.42. The van der Waals surface area contributed by atoms with Crippen molar-refractivity contribution in [2.24, 2.45) is 7.05 Å². The normalized spacial score (nSPS) is 16.6. The number of amides is 1. The molecule has 1 aliphatic rings. The molecule has 2 aromatic rings. The molecule has 1 saturated carbocycles. The number of aliphatic hydroxyl groups is 1. The summed E-state index contributed by atoms with van der Waals surface area (Å²) in [5.41, 5.74) is 1.15. The molecular weight excluding hydrogens is 342 g/mol. The van der Waals surface area contributed by atoms with Crippen LogP contribution in [-0.2, 0) is 23.9 Å². The molecule has 1 amide bonds. The zero-order valence-electron chi connectivity index (χ0n) is 15.0. The molecule has 0 radical (unpaired) electrons. The molecule has 2 N–H and O–H groups in total. The van der Waals surface area contributed by atoms with Crippen LogP contribution in [0.25, 0.3) is 11.0 Å². The Morgan fingerprint density at radius 1 is 1.44 bits per heavy atom. The smallest absolute Gasteiger partial charge is 0.408 e. The first-order chi connectivity index (χ1) is 11.6. The SMILES string of the molecule is Cn1c(C2(NC(=O)OC(C)(C)C)CCC2)nc2c(Cl)cc(CO)cc21. The predicted octanol–water partition coefficient (Wildman–Crippen LogP) is 3.62. The summed E-state index contributed by atoms with van der Waals surface area (Å²) in [4.78, 5) is 17.0. The molecule has 0 unspecified atom stereocenters. The lowest BCUT2D eigenvalue weighted by Gasteiger charge is -2.41. The van der Waals surface area contributed by atoms with E-state index in [0.717, 1.165) is 36.2 Å². The standard InChI is InChI=1S/C18H24ClN3O3/c1-17(2,3)25-16(24)21-18(6-5-7-18)15-20-14-12(19)8-11(10-23)9-13(14)22(15)4/h8-9,23H,5-7,10H2,1-4H3,(H,21,24). The summed E-state index contributed by atoms with van der Waals surface area (Å²) in [6, 6.07) is 3.59. The number of carbonyl (C=O) groups is 1. The van der Waals surface area contributed by atoms with Crippen LogP contribution in [0.15, 0.2) is 12.1 Å². The minimum Gasteiger partial charge on any atom is -0.444 e. The fraction of sp³-hybridized carbons (Fsp3) is 0.556. The van der Waals surface area contributed by atoms with Crippen LogP contribution in [0, 0.1) is 0 Å². The first-order valence-corrected chi connectivity index (χ1v) is 8.80. The Bertz CT molecular complexity index is 819. The third-order valence-corrected chi connectivity index (χ3v) is 4.85. The fourth-order valence-electron chi connectivity index (χ4n) is 3.25. The highest BCUT2D eigenvalue weighted by Gasteiger charge is 2.45. The molecule has 25 heavy (non-hydrogen) atoms. The molecule has 0 aliphatic heterocycles. The number of alkyl carbamates (subject to hydrolysis) is 1. The van der Waals surface area contributed by atoms with E-state index < -0.39 is 17.2 Å². The monoisotopic (exact) mass is 365 g/mol. The lowest BCUT2D eigenvalue weighted by Crippen LogP contribution is -2.53. The Labute approximate surface area is 152 Å². The number of fused-ring (bicyclic) bond motifs is 1. The largest absolute Gasteiger partial charge is 0.444 e. The summed E-state index contributed by atoms with van der Waals surface area (Å²) in [5.74, 6) is 0.761. The Hall–Kier alpha value is -1.79. The van der Waals surface area contributed by atoms with Crippen molar-refractivity contribution >= 4 is 28.7 Å². The van der Waals surface area contributed by atoms with E-state index >= 15 is 0 Å². The van der Waals surface area contributed by atoms with Gasteiger partial charge in [-0.25, -0.2) is 9.78 Å². The summed E-state index contributed by atoms with van der Waals surface area (Å²) >= 11 is 6.33. The van der Waals surface area contributed by atoms with Crippen LogP contribution in [0.4, 0.5) is 4.79 Å². The Kier molecular flexibility index (Phi) is 4.45. The lowest BCUT2D eigenvalue weighted by molar-refractivity contribution is 0.0362. The zero-order chi connectivity index (χ0) is 18.4. The van der Waals surface area contributed by atoms with Crippen molar-refractivity contribution in [2.45, 2.75) is 57.8 Å². The molecule has 0 atom stereocenters. The highest BCUT2D eigenvalue weighted by Crippen LogP contribution is 2.42. The minimum absolute atomic E-state index is 0.0858. The summed E-state index contributed by atoms with van der Waals surface area (Å²) in [5, 5.41) is 12.9. The summed E-state index contributed by atoms with van der Waals surface area (Å²) in [6.45, 7) is 5.43. The summed E-state index contributed by atoms with van der Waals surface area (Å²) in [6.07, 6.45) is 2.16. The molecule has 1 aromatic heterocycles. The highest BCUT2D eigenvalue weighted by molar-refractivity contribution is 6.35. The average Bonchev–Trinajstić information content (AvgIpc) is 2.79. The number of aromatic nitrogens is 2. The van der Waals surface area contributed by atoms with Gasteiger partial charge in [0.15, 0.2) is 0 Å². The van der Waals surface area contributed by atoms with Crippen LogP contribution in [0.3, 0.4) is 0 Å². The molecule has 1 aliphatic carbocycles. The van der Waals surface area contributed by atoms with Crippen LogP contribution < -0.4 is 5.32 Å². The number of hydrogen-bond donors (Lipinski definition) is 2. The Morgan fingerprint density at radius 2 is 2.12 bits per heavy atom. The second kappa shape index (κ2) is 6.18. The molecule has 136 valence electrons. The fourth-order valence-corrected chi connectivity index (χ4v) is 3.53. The van der Waals surface area contributed by atoms with Crippen molar-refractivity contribution in [3.05, 3.63) is 28.5 Å². The van der Waals surface area contributed by atoms with E-state index in [0.29, 0.717) is 10.5 Å². The number of benzene rings is 1. The van der Waals surface area contributed by atoms with Gasteiger partial charge in [0, 0.05) is 7.05 Å². The number of aliphatic hydroxyl groups excluding tert-OH is 1. The average molecular weight is 366 g/mol. The maximum atomic E-state index is 12.3. The van der Waals surface area contributed by atoms with Gasteiger partial charge in [-0.2, -0.15) is 0 Å². The molecule has 0 spiro atoms. The highest BCUT2D eigenvalue weighted by atomic mass is 35.5. The van der Waals surface area contributed by atoms with Crippen molar-refractivity contribution in [1.29, 1.82) is 0 Å². The van der Waals surface area contributed by atoms with Gasteiger partial charge in [-0.1, -0.05) is 11.6 Å². The number of aryl methyl sites for hydroxylation is 1. The zero-order valence-corrected chi connectivity index (χ0v) is 15.8. The van der Waals surface area contributed by atoms with Gasteiger partial charge in [-0.15, -0.1) is 0 Å². The van der Waals surface area contributed by atoms with Crippen molar-refractivity contribution in [1.82, 2.24) is 14.9 Å². The predicted molar refractivity (Wildman–Crippen MR) is 96.5 cm³/mol. The van der Waals surface area contributed by atoms with Gasteiger partial charge in [-0.3, -0.25) is 0 Å². The van der Waals surface area contributed by atoms with Gasteiger partial charge in [0.05, 0.1) is 17.1 Å². The topological polar surface area (TPSA) is 76.4 Å². The van der Waals surface area contributed by atoms with Crippen LogP contribution in [0.2, 0.25) is 5.02 Å². The van der Waals surface area contributed by atoms with Gasteiger partial charge in [0.1, 0.15) is 22.5 Å². The number of hydrogen-bond acceptors (Lipinski definition) is 4. The summed E-state index contributed by atoms with van der Waals surface area (Å²) in [7, 11) is 1.90. The maximum absolute atomic E-state index is 12.3. The molecule has 1 fully saturated rings. The summed E-state index contributed by atoms with van der Waals surface area (Å²) < 4.78 is 7.36.